The normalized spacial score (nSPS) is 27.7. The fraction of sp³-hybridized carbons (Fsp3) is 0.595. The Morgan fingerprint density at radius 1 is 0.941 bits per heavy atom. The Hall–Kier alpha value is -3.94. The lowest BCUT2D eigenvalue weighted by molar-refractivity contribution is -0.144. The van der Waals surface area contributed by atoms with Crippen molar-refractivity contribution in [3.63, 3.8) is 0 Å². The van der Waals surface area contributed by atoms with Crippen LogP contribution >= 0.6 is 0 Å². The number of carboxylic acids is 1. The molecule has 0 unspecified atom stereocenters. The van der Waals surface area contributed by atoms with Gasteiger partial charge in [-0.1, -0.05) is 31.5 Å². The van der Waals surface area contributed by atoms with Crippen LogP contribution in [0, 0.1) is 11.8 Å². The summed E-state index contributed by atoms with van der Waals surface area (Å²) < 4.78 is 78.5. The predicted octanol–water partition coefficient (Wildman–Crippen LogP) is 5.35. The number of halogens is 5. The molecule has 0 radical (unpaired) electrons. The van der Waals surface area contributed by atoms with Crippen molar-refractivity contribution >= 4 is 23.5 Å². The number of carbonyl (C=O) groups excluding carboxylic acids is 2. The average Bonchev–Trinajstić information content (AvgIpc) is 3.84. The predicted molar refractivity (Wildman–Crippen MR) is 179 cm³/mol. The van der Waals surface area contributed by atoms with Crippen LogP contribution in [0.1, 0.15) is 61.1 Å². The second-order valence-electron chi connectivity index (χ2n) is 14.4. The molecule has 4 fully saturated rings. The molecule has 0 aliphatic carbocycles. The zero-order valence-electron chi connectivity index (χ0n) is 28.9. The second kappa shape index (κ2) is 14.6. The summed E-state index contributed by atoms with van der Waals surface area (Å²) >= 11 is 0. The number of amides is 2. The van der Waals surface area contributed by atoms with E-state index < -0.39 is 47.3 Å². The number of nitrogens with zero attached hydrogens (tertiary/aromatic N) is 4. The molecule has 9 nitrogen and oxygen atoms in total. The minimum Gasteiger partial charge on any atom is -0.497 e. The van der Waals surface area contributed by atoms with Gasteiger partial charge in [-0.25, -0.2) is 8.78 Å². The number of ether oxygens (including phenoxy) is 1. The number of hydrogen-bond donors (Lipinski definition) is 1. The van der Waals surface area contributed by atoms with Crippen LogP contribution in [0.2, 0.25) is 0 Å². The highest BCUT2D eigenvalue weighted by atomic mass is 19.4. The van der Waals surface area contributed by atoms with Gasteiger partial charge in [-0.2, -0.15) is 13.2 Å². The van der Waals surface area contributed by atoms with E-state index in [4.69, 9.17) is 4.74 Å². The monoisotopic (exact) mass is 720 g/mol. The molecule has 0 bridgehead atoms. The molecule has 278 valence electrons. The summed E-state index contributed by atoms with van der Waals surface area (Å²) in [5.41, 5.74) is -1.70. The van der Waals surface area contributed by atoms with Crippen LogP contribution in [-0.2, 0) is 20.6 Å². The van der Waals surface area contributed by atoms with E-state index in [9.17, 15) is 37.1 Å². The van der Waals surface area contributed by atoms with Crippen molar-refractivity contribution in [2.45, 2.75) is 62.5 Å². The fourth-order valence-corrected chi connectivity index (χ4v) is 8.42. The first-order chi connectivity index (χ1) is 24.2. The van der Waals surface area contributed by atoms with Gasteiger partial charge in [0, 0.05) is 63.3 Å². The van der Waals surface area contributed by atoms with Crippen LogP contribution < -0.4 is 9.64 Å². The minimum atomic E-state index is -4.59. The summed E-state index contributed by atoms with van der Waals surface area (Å²) in [5, 5.41) is 9.49. The highest BCUT2D eigenvalue weighted by Crippen LogP contribution is 2.46. The number of aliphatic carboxylic acids is 1. The molecule has 6 rings (SSSR count). The van der Waals surface area contributed by atoms with Crippen molar-refractivity contribution in [3.05, 3.63) is 59.2 Å². The number of alkyl halides is 5. The lowest BCUT2D eigenvalue weighted by atomic mass is 9.84. The van der Waals surface area contributed by atoms with Gasteiger partial charge in [-0.3, -0.25) is 19.3 Å². The smallest absolute Gasteiger partial charge is 0.416 e. The molecule has 14 heteroatoms. The fourth-order valence-electron chi connectivity index (χ4n) is 8.42. The van der Waals surface area contributed by atoms with E-state index in [1.54, 1.807) is 34.1 Å². The molecule has 4 heterocycles. The van der Waals surface area contributed by atoms with Crippen LogP contribution in [0.15, 0.2) is 42.5 Å². The molecule has 2 aromatic rings. The van der Waals surface area contributed by atoms with Gasteiger partial charge in [-0.15, -0.1) is 0 Å². The topological polar surface area (TPSA) is 93.6 Å². The third kappa shape index (κ3) is 7.52. The van der Waals surface area contributed by atoms with Crippen LogP contribution in [0.25, 0.3) is 0 Å². The molecule has 2 amide bonds. The van der Waals surface area contributed by atoms with Crippen molar-refractivity contribution < 1.29 is 46.2 Å². The van der Waals surface area contributed by atoms with Crippen molar-refractivity contribution in [2.75, 3.05) is 70.9 Å². The Bertz CT molecular complexity index is 1600. The van der Waals surface area contributed by atoms with Gasteiger partial charge in [0.25, 0.3) is 5.91 Å². The van der Waals surface area contributed by atoms with Crippen molar-refractivity contribution in [1.29, 1.82) is 0 Å². The van der Waals surface area contributed by atoms with E-state index in [0.717, 1.165) is 12.1 Å². The van der Waals surface area contributed by atoms with E-state index in [2.05, 4.69) is 0 Å². The summed E-state index contributed by atoms with van der Waals surface area (Å²) in [6.45, 7) is 2.62. The molecule has 4 aliphatic heterocycles. The van der Waals surface area contributed by atoms with Gasteiger partial charge in [0.05, 0.1) is 31.7 Å². The molecule has 4 aliphatic rings. The first-order valence-electron chi connectivity index (χ1n) is 17.7. The first-order valence-corrected chi connectivity index (χ1v) is 17.7. The molecule has 0 spiro atoms. The number of carbonyl (C=O) groups is 3. The van der Waals surface area contributed by atoms with Crippen LogP contribution in [-0.4, -0.2) is 115 Å². The number of methoxy groups -OCH3 is 1. The second-order valence-corrected chi connectivity index (χ2v) is 14.4. The van der Waals surface area contributed by atoms with E-state index in [0.29, 0.717) is 41.8 Å². The zero-order valence-corrected chi connectivity index (χ0v) is 28.9. The third-order valence-electron chi connectivity index (χ3n) is 11.4. The molecular weight excluding hydrogens is 675 g/mol. The number of likely N-dealkylation sites (tertiary alicyclic amines) is 3. The Kier molecular flexibility index (Phi) is 10.5. The highest BCUT2D eigenvalue weighted by Gasteiger charge is 2.57. The summed E-state index contributed by atoms with van der Waals surface area (Å²) in [4.78, 5) is 45.4. The van der Waals surface area contributed by atoms with E-state index in [1.165, 1.54) is 23.0 Å². The first kappa shape index (κ1) is 36.8. The molecule has 5 atom stereocenters. The summed E-state index contributed by atoms with van der Waals surface area (Å²) in [5.74, 6) is -3.49. The molecule has 1 N–H and O–H groups in total. The molecule has 0 saturated carbocycles. The maximum atomic E-state index is 17.6. The molecule has 2 aromatic carbocycles. The van der Waals surface area contributed by atoms with Crippen LogP contribution in [0.5, 0.6) is 5.75 Å². The maximum absolute atomic E-state index is 17.6. The van der Waals surface area contributed by atoms with Crippen LogP contribution in [0.4, 0.5) is 27.6 Å². The molecule has 51 heavy (non-hydrogen) atoms. The Labute approximate surface area is 294 Å². The highest BCUT2D eigenvalue weighted by molar-refractivity contribution is 5.88. The Morgan fingerprint density at radius 2 is 1.65 bits per heavy atom. The van der Waals surface area contributed by atoms with Crippen molar-refractivity contribution in [3.8, 4) is 5.75 Å². The zero-order chi connectivity index (χ0) is 36.7. The maximum Gasteiger partial charge on any atom is 0.416 e. The Balaban J connectivity index is 1.28. The number of piperidine rings is 1. The molecular formula is C37H45F5N4O5. The van der Waals surface area contributed by atoms with Gasteiger partial charge in [0.15, 0.2) is 0 Å². The van der Waals surface area contributed by atoms with Gasteiger partial charge in [0.2, 0.25) is 11.6 Å². The quantitative estimate of drug-likeness (QED) is 0.350. The minimum absolute atomic E-state index is 0.00857. The Morgan fingerprint density at radius 3 is 2.24 bits per heavy atom. The largest absolute Gasteiger partial charge is 0.497 e. The number of rotatable bonds is 9. The lowest BCUT2D eigenvalue weighted by Crippen LogP contribution is -2.50. The number of carboxylic acid groups (broad SMARTS) is 1. The summed E-state index contributed by atoms with van der Waals surface area (Å²) in [6.07, 6.45) is -4.27. The number of hydrogen-bond acceptors (Lipinski definition) is 6. The third-order valence-corrected chi connectivity index (χ3v) is 11.4. The van der Waals surface area contributed by atoms with Gasteiger partial charge in [-0.05, 0) is 60.6 Å². The van der Waals surface area contributed by atoms with Crippen molar-refractivity contribution in [2.24, 2.45) is 11.8 Å². The summed E-state index contributed by atoms with van der Waals surface area (Å²) in [7, 11) is 1.51. The van der Waals surface area contributed by atoms with Gasteiger partial charge in [0.1, 0.15) is 11.9 Å². The SMILES string of the molecule is CC[C@H]1CN(C(=O)[C@]2(F)CN(CC(=O)N3CC[C@@H](F)C3)C[C@H]2c2ccc(OC)cc2)C[C@@H]1c1ccc(C(F)(F)F)cc1N1CCC(C(=O)O)CC1. The van der Waals surface area contributed by atoms with Gasteiger partial charge >= 0.3 is 12.1 Å². The summed E-state index contributed by atoms with van der Waals surface area (Å²) in [6, 6.07) is 10.4. The lowest BCUT2D eigenvalue weighted by Gasteiger charge is -2.35. The molecule has 0 aromatic heterocycles. The van der Waals surface area contributed by atoms with E-state index >= 15 is 4.39 Å². The number of benzene rings is 2. The van der Waals surface area contributed by atoms with Crippen molar-refractivity contribution in [1.82, 2.24) is 14.7 Å². The van der Waals surface area contributed by atoms with Gasteiger partial charge < -0.3 is 24.5 Å². The van der Waals surface area contributed by atoms with E-state index in [-0.39, 0.29) is 83.1 Å². The standard InChI is InChI=1S/C37H45F5N4O5/c1-3-23-17-46(19-30(23)29-9-6-26(37(40,41)42)16-32(29)44-13-10-25(11-14-44)34(48)49)35(50)36(39)22-43(21-33(47)45-15-12-27(38)18-45)20-31(36)24-4-7-28(51-2)8-5-24/h4-9,16,23,25,27,30-31H,3,10-15,17-22H2,1-2H3,(H,48,49)/t23-,27+,30-,31-,36-/m0/s1. The van der Waals surface area contributed by atoms with E-state index in [1.807, 2.05) is 6.92 Å². The average molecular weight is 721 g/mol. The molecule has 4 saturated heterocycles. The number of anilines is 1. The van der Waals surface area contributed by atoms with Crippen LogP contribution in [0.3, 0.4) is 0 Å².